The average Bonchev–Trinajstić information content (AvgIpc) is 3.12. The smallest absolute Gasteiger partial charge is 0.271 e. The first-order valence-electron chi connectivity index (χ1n) is 9.18. The van der Waals surface area contributed by atoms with Crippen LogP contribution in [0.15, 0.2) is 42.5 Å². The van der Waals surface area contributed by atoms with Gasteiger partial charge in [0.05, 0.1) is 28.8 Å². The van der Waals surface area contributed by atoms with Crippen molar-refractivity contribution in [3.8, 4) is 5.75 Å². The maximum Gasteiger partial charge on any atom is 0.271 e. The number of rotatable bonds is 7. The number of nitro groups is 1. The summed E-state index contributed by atoms with van der Waals surface area (Å²) in [4.78, 5) is 24.9. The SMILES string of the molecule is CCOc1ccc(C2CCCN2CC(=O)Nc2ccc([N+](=O)[O-])cc2Cl)cc1. The van der Waals surface area contributed by atoms with E-state index in [1.54, 1.807) is 0 Å². The summed E-state index contributed by atoms with van der Waals surface area (Å²) in [6.07, 6.45) is 2.00. The van der Waals surface area contributed by atoms with Gasteiger partial charge in [-0.25, -0.2) is 0 Å². The van der Waals surface area contributed by atoms with Crippen LogP contribution in [-0.2, 0) is 4.79 Å². The van der Waals surface area contributed by atoms with Gasteiger partial charge in [0.1, 0.15) is 5.75 Å². The van der Waals surface area contributed by atoms with Crippen LogP contribution in [0.4, 0.5) is 11.4 Å². The average molecular weight is 404 g/mol. The van der Waals surface area contributed by atoms with Crippen LogP contribution in [0.3, 0.4) is 0 Å². The second-order valence-electron chi connectivity index (χ2n) is 6.60. The van der Waals surface area contributed by atoms with E-state index in [1.165, 1.54) is 18.2 Å². The quantitative estimate of drug-likeness (QED) is 0.546. The number of carbonyl (C=O) groups excluding carboxylic acids is 1. The Hall–Kier alpha value is -2.64. The third-order valence-corrected chi connectivity index (χ3v) is 5.04. The first-order valence-corrected chi connectivity index (χ1v) is 9.56. The Morgan fingerprint density at radius 1 is 1.32 bits per heavy atom. The maximum atomic E-state index is 12.5. The van der Waals surface area contributed by atoms with E-state index in [-0.39, 0.29) is 29.2 Å². The molecular formula is C20H22ClN3O4. The molecule has 3 rings (SSSR count). The number of hydrogen-bond donors (Lipinski definition) is 1. The number of carbonyl (C=O) groups is 1. The first kappa shape index (κ1) is 20.1. The van der Waals surface area contributed by atoms with E-state index in [1.807, 2.05) is 31.2 Å². The predicted molar refractivity (Wildman–Crippen MR) is 108 cm³/mol. The normalized spacial score (nSPS) is 16.7. The van der Waals surface area contributed by atoms with Crippen molar-refractivity contribution in [1.29, 1.82) is 0 Å². The lowest BCUT2D eigenvalue weighted by atomic mass is 10.0. The van der Waals surface area contributed by atoms with Gasteiger partial charge in [-0.1, -0.05) is 23.7 Å². The molecule has 148 valence electrons. The zero-order valence-corrected chi connectivity index (χ0v) is 16.3. The molecule has 0 aromatic heterocycles. The highest BCUT2D eigenvalue weighted by Crippen LogP contribution is 2.33. The van der Waals surface area contributed by atoms with E-state index in [9.17, 15) is 14.9 Å². The van der Waals surface area contributed by atoms with E-state index in [2.05, 4.69) is 10.2 Å². The summed E-state index contributed by atoms with van der Waals surface area (Å²) < 4.78 is 5.48. The second-order valence-corrected chi connectivity index (χ2v) is 7.01. The fourth-order valence-electron chi connectivity index (χ4n) is 3.44. The molecule has 1 heterocycles. The van der Waals surface area contributed by atoms with Crippen molar-refractivity contribution in [2.24, 2.45) is 0 Å². The molecule has 0 bridgehead atoms. The monoisotopic (exact) mass is 403 g/mol. The second kappa shape index (κ2) is 9.03. The molecule has 1 atom stereocenters. The lowest BCUT2D eigenvalue weighted by Gasteiger charge is -2.24. The predicted octanol–water partition coefficient (Wildman–Crippen LogP) is 4.42. The van der Waals surface area contributed by atoms with Crippen LogP contribution in [-0.4, -0.2) is 35.4 Å². The number of amides is 1. The van der Waals surface area contributed by atoms with Crippen molar-refractivity contribution < 1.29 is 14.5 Å². The minimum atomic E-state index is -0.525. The van der Waals surface area contributed by atoms with Gasteiger partial charge in [-0.2, -0.15) is 0 Å². The van der Waals surface area contributed by atoms with Crippen LogP contribution >= 0.6 is 11.6 Å². The minimum Gasteiger partial charge on any atom is -0.494 e. The van der Waals surface area contributed by atoms with Gasteiger partial charge in [0.2, 0.25) is 5.91 Å². The molecule has 1 amide bonds. The highest BCUT2D eigenvalue weighted by atomic mass is 35.5. The van der Waals surface area contributed by atoms with Crippen molar-refractivity contribution in [2.75, 3.05) is 25.0 Å². The number of ether oxygens (including phenoxy) is 1. The number of halogens is 1. The van der Waals surface area contributed by atoms with E-state index in [4.69, 9.17) is 16.3 Å². The molecule has 1 unspecified atom stereocenters. The van der Waals surface area contributed by atoms with Crippen LogP contribution in [0.25, 0.3) is 0 Å². The van der Waals surface area contributed by atoms with E-state index in [0.717, 1.165) is 30.7 Å². The van der Waals surface area contributed by atoms with Crippen molar-refractivity contribution in [1.82, 2.24) is 4.90 Å². The number of nitro benzene ring substituents is 1. The maximum absolute atomic E-state index is 12.5. The third kappa shape index (κ3) is 4.79. The standard InChI is InChI=1S/C20H22ClN3O4/c1-2-28-16-8-5-14(6-9-16)19-4-3-11-23(19)13-20(25)22-18-10-7-15(24(26)27)12-17(18)21/h5-10,12,19H,2-4,11,13H2,1H3,(H,22,25). The van der Waals surface area contributed by atoms with Gasteiger partial charge in [-0.15, -0.1) is 0 Å². The van der Waals surface area contributed by atoms with Gasteiger partial charge in [-0.3, -0.25) is 19.8 Å². The van der Waals surface area contributed by atoms with Crippen molar-refractivity contribution in [3.63, 3.8) is 0 Å². The van der Waals surface area contributed by atoms with Gasteiger partial charge in [0.25, 0.3) is 5.69 Å². The highest BCUT2D eigenvalue weighted by molar-refractivity contribution is 6.34. The molecule has 2 aromatic rings. The van der Waals surface area contributed by atoms with E-state index in [0.29, 0.717) is 12.3 Å². The Labute approximate surface area is 168 Å². The molecule has 1 saturated heterocycles. The van der Waals surface area contributed by atoms with Crippen molar-refractivity contribution in [3.05, 3.63) is 63.2 Å². The lowest BCUT2D eigenvalue weighted by Crippen LogP contribution is -2.33. The van der Waals surface area contributed by atoms with Crippen LogP contribution in [0.2, 0.25) is 5.02 Å². The molecule has 0 saturated carbocycles. The number of nitrogens with zero attached hydrogens (tertiary/aromatic N) is 2. The third-order valence-electron chi connectivity index (χ3n) is 4.72. The molecule has 28 heavy (non-hydrogen) atoms. The summed E-state index contributed by atoms with van der Waals surface area (Å²) in [7, 11) is 0. The highest BCUT2D eigenvalue weighted by Gasteiger charge is 2.27. The summed E-state index contributed by atoms with van der Waals surface area (Å²) in [5.74, 6) is 0.634. The summed E-state index contributed by atoms with van der Waals surface area (Å²) in [5, 5.41) is 13.7. The fourth-order valence-corrected chi connectivity index (χ4v) is 3.66. The largest absolute Gasteiger partial charge is 0.494 e. The molecule has 0 aliphatic carbocycles. The molecule has 0 spiro atoms. The Balaban J connectivity index is 1.63. The summed E-state index contributed by atoms with van der Waals surface area (Å²) >= 11 is 6.05. The number of hydrogen-bond acceptors (Lipinski definition) is 5. The van der Waals surface area contributed by atoms with E-state index >= 15 is 0 Å². The van der Waals surface area contributed by atoms with Gasteiger partial charge in [0, 0.05) is 18.2 Å². The molecular weight excluding hydrogens is 382 g/mol. The number of likely N-dealkylation sites (tertiary alicyclic amines) is 1. The lowest BCUT2D eigenvalue weighted by molar-refractivity contribution is -0.384. The molecule has 1 fully saturated rings. The van der Waals surface area contributed by atoms with E-state index < -0.39 is 4.92 Å². The summed E-state index contributed by atoms with van der Waals surface area (Å²) in [6.45, 7) is 3.63. The number of non-ortho nitro benzene ring substituents is 1. The Morgan fingerprint density at radius 2 is 2.07 bits per heavy atom. The van der Waals surface area contributed by atoms with Crippen molar-refractivity contribution >= 4 is 28.9 Å². The van der Waals surface area contributed by atoms with Crippen LogP contribution in [0.5, 0.6) is 5.75 Å². The molecule has 2 aromatic carbocycles. The molecule has 7 nitrogen and oxygen atoms in total. The molecule has 0 radical (unpaired) electrons. The van der Waals surface area contributed by atoms with Gasteiger partial charge in [-0.05, 0) is 50.1 Å². The molecule has 1 N–H and O–H groups in total. The molecule has 1 aliphatic rings. The molecule has 1 aliphatic heterocycles. The van der Waals surface area contributed by atoms with Gasteiger partial charge >= 0.3 is 0 Å². The zero-order chi connectivity index (χ0) is 20.1. The van der Waals surface area contributed by atoms with Crippen LogP contribution in [0, 0.1) is 10.1 Å². The molecule has 8 heteroatoms. The van der Waals surface area contributed by atoms with Crippen molar-refractivity contribution in [2.45, 2.75) is 25.8 Å². The van der Waals surface area contributed by atoms with Gasteiger partial charge < -0.3 is 10.1 Å². The zero-order valence-electron chi connectivity index (χ0n) is 15.6. The Kier molecular flexibility index (Phi) is 6.49. The number of benzene rings is 2. The number of anilines is 1. The summed E-state index contributed by atoms with van der Waals surface area (Å²) in [5.41, 5.74) is 1.41. The Morgan fingerprint density at radius 3 is 2.71 bits per heavy atom. The van der Waals surface area contributed by atoms with Crippen LogP contribution in [0.1, 0.15) is 31.4 Å². The topological polar surface area (TPSA) is 84.7 Å². The minimum absolute atomic E-state index is 0.113. The summed E-state index contributed by atoms with van der Waals surface area (Å²) in [6, 6.07) is 12.2. The number of nitrogens with one attached hydrogen (secondary N) is 1. The first-order chi connectivity index (χ1) is 13.5. The van der Waals surface area contributed by atoms with Gasteiger partial charge in [0.15, 0.2) is 0 Å². The fraction of sp³-hybridized carbons (Fsp3) is 0.350. The van der Waals surface area contributed by atoms with Crippen LogP contribution < -0.4 is 10.1 Å². The Bertz CT molecular complexity index is 857.